The van der Waals surface area contributed by atoms with E-state index in [4.69, 9.17) is 4.74 Å². The fraction of sp³-hybridized carbons (Fsp3) is 0.550. The molecule has 0 unspecified atom stereocenters. The van der Waals surface area contributed by atoms with Crippen LogP contribution in [0.2, 0.25) is 0 Å². The quantitative estimate of drug-likeness (QED) is 0.737. The van der Waals surface area contributed by atoms with Crippen molar-refractivity contribution in [1.82, 2.24) is 14.8 Å². The Morgan fingerprint density at radius 3 is 2.82 bits per heavy atom. The molecule has 8 heteroatoms. The predicted molar refractivity (Wildman–Crippen MR) is 94.1 cm³/mol. The average Bonchev–Trinajstić information content (AvgIpc) is 3.31. The van der Waals surface area contributed by atoms with Gasteiger partial charge in [0.25, 0.3) is 5.92 Å². The van der Waals surface area contributed by atoms with Crippen LogP contribution >= 0.6 is 0 Å². The van der Waals surface area contributed by atoms with E-state index in [0.29, 0.717) is 13.1 Å². The second-order valence-electron chi connectivity index (χ2n) is 8.14. The van der Waals surface area contributed by atoms with Gasteiger partial charge in [-0.3, -0.25) is 14.6 Å². The van der Waals surface area contributed by atoms with E-state index in [1.54, 1.807) is 17.3 Å². The Hall–Kier alpha value is -2.35. The summed E-state index contributed by atoms with van der Waals surface area (Å²) in [4.78, 5) is 33.6. The SMILES string of the molecule is O=C([C@H]1[C@@H]2C=C[C@@]3(CN(Cc4cccnc4)C(=O)[C@H]13)O2)N1CCC(F)(F)CC1. The van der Waals surface area contributed by atoms with Gasteiger partial charge < -0.3 is 14.5 Å². The van der Waals surface area contributed by atoms with Crippen LogP contribution in [0.4, 0.5) is 8.78 Å². The summed E-state index contributed by atoms with van der Waals surface area (Å²) in [7, 11) is 0. The molecule has 0 aliphatic carbocycles. The van der Waals surface area contributed by atoms with Crippen molar-refractivity contribution in [3.05, 3.63) is 42.2 Å². The molecule has 3 saturated heterocycles. The zero-order valence-corrected chi connectivity index (χ0v) is 15.3. The molecule has 1 aromatic heterocycles. The summed E-state index contributed by atoms with van der Waals surface area (Å²) in [6.07, 6.45) is 6.02. The summed E-state index contributed by atoms with van der Waals surface area (Å²) in [5.74, 6) is -4.30. The maximum atomic E-state index is 13.5. The number of carbonyl (C=O) groups excluding carboxylic acids is 2. The van der Waals surface area contributed by atoms with Crippen LogP contribution in [0.5, 0.6) is 0 Å². The number of hydrogen-bond acceptors (Lipinski definition) is 4. The molecule has 4 atom stereocenters. The van der Waals surface area contributed by atoms with Gasteiger partial charge in [0.05, 0.1) is 24.5 Å². The molecule has 5 heterocycles. The lowest BCUT2D eigenvalue weighted by Gasteiger charge is -2.35. The van der Waals surface area contributed by atoms with E-state index in [-0.39, 0.29) is 37.7 Å². The molecule has 4 aliphatic rings. The molecule has 28 heavy (non-hydrogen) atoms. The highest BCUT2D eigenvalue weighted by Crippen LogP contribution is 2.52. The van der Waals surface area contributed by atoms with Crippen LogP contribution in [-0.2, 0) is 20.9 Å². The Kier molecular flexibility index (Phi) is 3.84. The number of ether oxygens (including phenoxy) is 1. The first-order chi connectivity index (χ1) is 13.4. The maximum Gasteiger partial charge on any atom is 0.251 e. The average molecular weight is 389 g/mol. The number of alkyl halides is 2. The van der Waals surface area contributed by atoms with E-state index >= 15 is 0 Å². The highest BCUT2D eigenvalue weighted by atomic mass is 19.3. The molecule has 0 radical (unpaired) electrons. The van der Waals surface area contributed by atoms with Gasteiger partial charge >= 0.3 is 0 Å². The van der Waals surface area contributed by atoms with E-state index in [2.05, 4.69) is 4.98 Å². The van der Waals surface area contributed by atoms with Gasteiger partial charge in [0.1, 0.15) is 5.60 Å². The highest BCUT2D eigenvalue weighted by Gasteiger charge is 2.67. The van der Waals surface area contributed by atoms with Crippen molar-refractivity contribution < 1.29 is 23.1 Å². The minimum atomic E-state index is -2.72. The summed E-state index contributed by atoms with van der Waals surface area (Å²) >= 11 is 0. The molecule has 6 nitrogen and oxygen atoms in total. The summed E-state index contributed by atoms with van der Waals surface area (Å²) < 4.78 is 33.0. The van der Waals surface area contributed by atoms with Crippen molar-refractivity contribution in [1.29, 1.82) is 0 Å². The molecular weight excluding hydrogens is 368 g/mol. The second kappa shape index (κ2) is 6.07. The molecule has 0 N–H and O–H groups in total. The largest absolute Gasteiger partial charge is 0.360 e. The van der Waals surface area contributed by atoms with Gasteiger partial charge in [-0.1, -0.05) is 18.2 Å². The van der Waals surface area contributed by atoms with Gasteiger partial charge in [0, 0.05) is 44.9 Å². The molecule has 0 aromatic carbocycles. The van der Waals surface area contributed by atoms with E-state index < -0.39 is 29.5 Å². The number of pyridine rings is 1. The van der Waals surface area contributed by atoms with Crippen molar-refractivity contribution in [2.24, 2.45) is 11.8 Å². The Bertz CT molecular complexity index is 836. The van der Waals surface area contributed by atoms with Crippen LogP contribution < -0.4 is 0 Å². The fourth-order valence-corrected chi connectivity index (χ4v) is 4.97. The number of likely N-dealkylation sites (tertiary alicyclic amines) is 2. The number of amides is 2. The zero-order chi connectivity index (χ0) is 19.5. The Balaban J connectivity index is 1.36. The van der Waals surface area contributed by atoms with Crippen molar-refractivity contribution >= 4 is 11.8 Å². The Labute approximate surface area is 161 Å². The number of hydrogen-bond donors (Lipinski definition) is 0. The fourth-order valence-electron chi connectivity index (χ4n) is 4.97. The molecule has 3 fully saturated rings. The minimum Gasteiger partial charge on any atom is -0.360 e. The van der Waals surface area contributed by atoms with Crippen LogP contribution in [0.1, 0.15) is 18.4 Å². The van der Waals surface area contributed by atoms with Crippen LogP contribution in [-0.4, -0.2) is 63.9 Å². The van der Waals surface area contributed by atoms with Crippen LogP contribution in [0.3, 0.4) is 0 Å². The topological polar surface area (TPSA) is 62.7 Å². The molecule has 0 saturated carbocycles. The van der Waals surface area contributed by atoms with Gasteiger partial charge in [-0.05, 0) is 11.6 Å². The number of piperidine rings is 1. The van der Waals surface area contributed by atoms with Gasteiger partial charge in [0.15, 0.2) is 0 Å². The third kappa shape index (κ3) is 2.65. The molecular formula is C20H21F2N3O3. The first-order valence-electron chi connectivity index (χ1n) is 9.60. The summed E-state index contributed by atoms with van der Waals surface area (Å²) in [6.45, 7) is 0.835. The third-order valence-electron chi connectivity index (χ3n) is 6.37. The molecule has 2 amide bonds. The van der Waals surface area contributed by atoms with Crippen molar-refractivity contribution in [3.63, 3.8) is 0 Å². The van der Waals surface area contributed by atoms with Crippen LogP contribution in [0.25, 0.3) is 0 Å². The highest BCUT2D eigenvalue weighted by molar-refractivity contribution is 5.93. The van der Waals surface area contributed by atoms with E-state index in [0.717, 1.165) is 5.56 Å². The minimum absolute atomic E-state index is 0.0199. The van der Waals surface area contributed by atoms with Crippen LogP contribution in [0, 0.1) is 11.8 Å². The molecule has 5 rings (SSSR count). The van der Waals surface area contributed by atoms with Crippen molar-refractivity contribution in [3.8, 4) is 0 Å². The number of fused-ring (bicyclic) bond motifs is 1. The molecule has 1 aromatic rings. The Morgan fingerprint density at radius 2 is 2.11 bits per heavy atom. The van der Waals surface area contributed by atoms with E-state index in [1.165, 1.54) is 4.90 Å². The number of carbonyl (C=O) groups is 2. The number of rotatable bonds is 3. The molecule has 148 valence electrons. The first kappa shape index (κ1) is 17.7. The summed E-state index contributed by atoms with van der Waals surface area (Å²) in [5.41, 5.74) is 0.121. The third-order valence-corrected chi connectivity index (χ3v) is 6.37. The lowest BCUT2D eigenvalue weighted by atomic mass is 9.76. The zero-order valence-electron chi connectivity index (χ0n) is 15.3. The lowest BCUT2D eigenvalue weighted by Crippen LogP contribution is -2.50. The monoisotopic (exact) mass is 389 g/mol. The van der Waals surface area contributed by atoms with Gasteiger partial charge in [0.2, 0.25) is 11.8 Å². The van der Waals surface area contributed by atoms with Crippen LogP contribution in [0.15, 0.2) is 36.7 Å². The smallest absolute Gasteiger partial charge is 0.251 e. The first-order valence-corrected chi connectivity index (χ1v) is 9.60. The number of nitrogens with zero attached hydrogens (tertiary/aromatic N) is 3. The maximum absolute atomic E-state index is 13.5. The Morgan fingerprint density at radius 1 is 1.32 bits per heavy atom. The lowest BCUT2D eigenvalue weighted by molar-refractivity contribution is -0.147. The van der Waals surface area contributed by atoms with Crippen molar-refractivity contribution in [2.75, 3.05) is 19.6 Å². The normalized spacial score (nSPS) is 35.5. The predicted octanol–water partition coefficient (Wildman–Crippen LogP) is 1.62. The van der Waals surface area contributed by atoms with Gasteiger partial charge in [-0.15, -0.1) is 0 Å². The molecule has 1 spiro atoms. The number of halogens is 2. The van der Waals surface area contributed by atoms with E-state index in [1.807, 2.05) is 24.3 Å². The van der Waals surface area contributed by atoms with E-state index in [9.17, 15) is 18.4 Å². The van der Waals surface area contributed by atoms with Gasteiger partial charge in [-0.2, -0.15) is 0 Å². The second-order valence-corrected chi connectivity index (χ2v) is 8.14. The number of aromatic nitrogens is 1. The summed E-state index contributed by atoms with van der Waals surface area (Å²) in [6, 6.07) is 3.71. The molecule has 2 bridgehead atoms. The molecule has 4 aliphatic heterocycles. The summed E-state index contributed by atoms with van der Waals surface area (Å²) in [5, 5.41) is 0. The van der Waals surface area contributed by atoms with Crippen molar-refractivity contribution in [2.45, 2.75) is 37.0 Å². The van der Waals surface area contributed by atoms with Gasteiger partial charge in [-0.25, -0.2) is 8.78 Å². The standard InChI is InChI=1S/C20H21F2N3O3/c21-20(22)5-8-24(9-6-20)17(26)15-14-3-4-19(28-14)12-25(18(27)16(15)19)11-13-2-1-7-23-10-13/h1-4,7,10,14-16H,5-6,8-9,11-12H2/t14-,15-,16-,19-/m0/s1.